The number of benzene rings is 1. The van der Waals surface area contributed by atoms with Crippen molar-refractivity contribution in [1.29, 1.82) is 0 Å². The van der Waals surface area contributed by atoms with E-state index in [-0.39, 0.29) is 24.4 Å². The van der Waals surface area contributed by atoms with Crippen LogP contribution < -0.4 is 5.32 Å². The Balaban J connectivity index is 2.13. The van der Waals surface area contributed by atoms with E-state index in [0.29, 0.717) is 49.5 Å². The summed E-state index contributed by atoms with van der Waals surface area (Å²) in [4.78, 5) is 39.1. The van der Waals surface area contributed by atoms with E-state index in [1.165, 1.54) is 11.8 Å². The summed E-state index contributed by atoms with van der Waals surface area (Å²) in [5.41, 5.74) is 1.26. The zero-order chi connectivity index (χ0) is 20.0. The van der Waals surface area contributed by atoms with E-state index in [1.54, 1.807) is 23.1 Å². The first-order valence-corrected chi connectivity index (χ1v) is 9.53. The molecule has 27 heavy (non-hydrogen) atoms. The molecule has 0 spiro atoms. The molecule has 1 fully saturated rings. The van der Waals surface area contributed by atoms with Crippen LogP contribution in [0.25, 0.3) is 0 Å². The monoisotopic (exact) mass is 395 g/mol. The summed E-state index contributed by atoms with van der Waals surface area (Å²) >= 11 is 6.08. The Labute approximate surface area is 164 Å². The average Bonchev–Trinajstić information content (AvgIpc) is 2.86. The van der Waals surface area contributed by atoms with Crippen LogP contribution in [0.3, 0.4) is 0 Å². The Kier molecular flexibility index (Phi) is 7.47. The number of rotatable bonds is 6. The summed E-state index contributed by atoms with van der Waals surface area (Å²) in [6, 6.07) is 5.02. The summed E-state index contributed by atoms with van der Waals surface area (Å²) < 4.78 is 0. The Morgan fingerprint density at radius 3 is 2.67 bits per heavy atom. The number of nitrogens with zero attached hydrogens (tertiary/aromatic N) is 2. The second kappa shape index (κ2) is 9.60. The number of carboxylic acid groups (broad SMARTS) is 1. The summed E-state index contributed by atoms with van der Waals surface area (Å²) in [7, 11) is 0. The van der Waals surface area contributed by atoms with Crippen molar-refractivity contribution in [3.63, 3.8) is 0 Å². The van der Waals surface area contributed by atoms with Crippen LogP contribution in [0.5, 0.6) is 0 Å². The van der Waals surface area contributed by atoms with Crippen LogP contribution in [-0.2, 0) is 9.59 Å². The minimum Gasteiger partial charge on any atom is -0.480 e. The van der Waals surface area contributed by atoms with Gasteiger partial charge in [-0.2, -0.15) is 0 Å². The first-order chi connectivity index (χ1) is 12.8. The minimum absolute atomic E-state index is 0.110. The molecule has 1 aromatic carbocycles. The molecule has 0 radical (unpaired) electrons. The van der Waals surface area contributed by atoms with Crippen LogP contribution in [0.2, 0.25) is 5.02 Å². The first-order valence-electron chi connectivity index (χ1n) is 9.15. The van der Waals surface area contributed by atoms with Crippen molar-refractivity contribution < 1.29 is 19.5 Å². The highest BCUT2D eigenvalue weighted by Crippen LogP contribution is 2.24. The second-order valence-electron chi connectivity index (χ2n) is 6.64. The van der Waals surface area contributed by atoms with Crippen LogP contribution in [0.15, 0.2) is 18.2 Å². The van der Waals surface area contributed by atoms with Gasteiger partial charge in [-0.05, 0) is 44.4 Å². The largest absolute Gasteiger partial charge is 0.480 e. The maximum atomic E-state index is 13.0. The van der Waals surface area contributed by atoms with Gasteiger partial charge < -0.3 is 20.2 Å². The molecule has 1 atom stereocenters. The molecule has 1 unspecified atom stereocenters. The predicted octanol–water partition coefficient (Wildman–Crippen LogP) is 2.70. The molecule has 2 rings (SSSR count). The van der Waals surface area contributed by atoms with E-state index in [2.05, 4.69) is 5.32 Å². The molecule has 0 bridgehead atoms. The van der Waals surface area contributed by atoms with Crippen LogP contribution in [0, 0.1) is 0 Å². The van der Waals surface area contributed by atoms with Gasteiger partial charge in [0.2, 0.25) is 5.91 Å². The number of hydrogen-bond acceptors (Lipinski definition) is 4. The van der Waals surface area contributed by atoms with Crippen molar-refractivity contribution in [2.24, 2.45) is 0 Å². The Morgan fingerprint density at radius 2 is 2.04 bits per heavy atom. The lowest BCUT2D eigenvalue weighted by molar-refractivity contribution is -0.145. The van der Waals surface area contributed by atoms with Crippen LogP contribution in [0.4, 0.5) is 5.69 Å². The summed E-state index contributed by atoms with van der Waals surface area (Å²) in [6.45, 7) is 4.74. The highest BCUT2D eigenvalue weighted by Gasteiger charge is 2.28. The molecular formula is C19H26ClN3O4. The van der Waals surface area contributed by atoms with Gasteiger partial charge in [-0.1, -0.05) is 11.6 Å². The van der Waals surface area contributed by atoms with E-state index in [4.69, 9.17) is 16.7 Å². The SMILES string of the molecule is CCNc1ccc(Cl)cc1C(=O)N1CCCC(N(CC(=O)O)C(C)=O)CC1. The van der Waals surface area contributed by atoms with Crippen LogP contribution in [0.1, 0.15) is 43.5 Å². The number of halogens is 1. The predicted molar refractivity (Wildman–Crippen MR) is 104 cm³/mol. The van der Waals surface area contributed by atoms with Gasteiger partial charge in [0.05, 0.1) is 5.56 Å². The lowest BCUT2D eigenvalue weighted by Gasteiger charge is -2.29. The molecular weight excluding hydrogens is 370 g/mol. The van der Waals surface area contributed by atoms with Gasteiger partial charge in [0.15, 0.2) is 0 Å². The quantitative estimate of drug-likeness (QED) is 0.772. The van der Waals surface area contributed by atoms with Crippen molar-refractivity contribution in [2.75, 3.05) is 31.5 Å². The molecule has 148 valence electrons. The maximum absolute atomic E-state index is 13.0. The van der Waals surface area contributed by atoms with Gasteiger partial charge in [0.25, 0.3) is 5.91 Å². The normalized spacial score (nSPS) is 17.1. The fourth-order valence-electron chi connectivity index (χ4n) is 3.45. The fraction of sp³-hybridized carbons (Fsp3) is 0.526. The summed E-state index contributed by atoms with van der Waals surface area (Å²) in [6.07, 6.45) is 1.93. The Bertz CT molecular complexity index is 710. The van der Waals surface area contributed by atoms with Crippen molar-refractivity contribution in [3.8, 4) is 0 Å². The fourth-order valence-corrected chi connectivity index (χ4v) is 3.62. The van der Waals surface area contributed by atoms with Gasteiger partial charge in [0.1, 0.15) is 6.54 Å². The number of aliphatic carboxylic acids is 1. The van der Waals surface area contributed by atoms with Crippen molar-refractivity contribution in [2.45, 2.75) is 39.2 Å². The third-order valence-corrected chi connectivity index (χ3v) is 4.95. The highest BCUT2D eigenvalue weighted by molar-refractivity contribution is 6.31. The van der Waals surface area contributed by atoms with Crippen molar-refractivity contribution >= 4 is 35.1 Å². The van der Waals surface area contributed by atoms with Gasteiger partial charge in [-0.3, -0.25) is 14.4 Å². The second-order valence-corrected chi connectivity index (χ2v) is 7.07. The molecule has 0 aromatic heterocycles. The van der Waals surface area contributed by atoms with Crippen molar-refractivity contribution in [3.05, 3.63) is 28.8 Å². The Hall–Kier alpha value is -2.28. The van der Waals surface area contributed by atoms with E-state index in [1.807, 2.05) is 6.92 Å². The van der Waals surface area contributed by atoms with E-state index < -0.39 is 5.97 Å². The van der Waals surface area contributed by atoms with E-state index >= 15 is 0 Å². The number of likely N-dealkylation sites (tertiary alicyclic amines) is 1. The number of carboxylic acids is 1. The van der Waals surface area contributed by atoms with Crippen LogP contribution in [-0.4, -0.2) is 64.9 Å². The number of carbonyl (C=O) groups is 3. The molecule has 0 saturated carbocycles. The molecule has 0 aliphatic carbocycles. The Morgan fingerprint density at radius 1 is 1.30 bits per heavy atom. The smallest absolute Gasteiger partial charge is 0.323 e. The highest BCUT2D eigenvalue weighted by atomic mass is 35.5. The summed E-state index contributed by atoms with van der Waals surface area (Å²) in [5.74, 6) is -1.40. The van der Waals surface area contributed by atoms with Gasteiger partial charge in [0, 0.05) is 43.3 Å². The lowest BCUT2D eigenvalue weighted by atomic mass is 10.1. The number of hydrogen-bond donors (Lipinski definition) is 2. The first kappa shape index (κ1) is 21.0. The van der Waals surface area contributed by atoms with E-state index in [0.717, 1.165) is 5.69 Å². The van der Waals surface area contributed by atoms with Gasteiger partial charge in [-0.25, -0.2) is 0 Å². The number of carbonyl (C=O) groups excluding carboxylic acids is 2. The molecule has 7 nitrogen and oxygen atoms in total. The molecule has 1 saturated heterocycles. The average molecular weight is 396 g/mol. The van der Waals surface area contributed by atoms with E-state index in [9.17, 15) is 14.4 Å². The summed E-state index contributed by atoms with van der Waals surface area (Å²) in [5, 5.41) is 12.7. The van der Waals surface area contributed by atoms with Crippen molar-refractivity contribution in [1.82, 2.24) is 9.80 Å². The third kappa shape index (κ3) is 5.60. The topological polar surface area (TPSA) is 90.0 Å². The molecule has 1 aliphatic heterocycles. The van der Waals surface area contributed by atoms with Gasteiger partial charge >= 0.3 is 5.97 Å². The minimum atomic E-state index is -1.03. The molecule has 8 heteroatoms. The zero-order valence-electron chi connectivity index (χ0n) is 15.7. The standard InChI is InChI=1S/C19H26ClN3O4/c1-3-21-17-7-6-14(20)11-16(17)19(27)22-9-4-5-15(8-10-22)23(13(2)24)12-18(25)26/h6-7,11,15,21H,3-5,8-10,12H2,1-2H3,(H,25,26). The molecule has 1 heterocycles. The molecule has 1 aliphatic rings. The zero-order valence-corrected chi connectivity index (χ0v) is 16.5. The number of nitrogens with one attached hydrogen (secondary N) is 1. The number of amides is 2. The van der Waals surface area contributed by atoms with Gasteiger partial charge in [-0.15, -0.1) is 0 Å². The maximum Gasteiger partial charge on any atom is 0.323 e. The molecule has 2 amide bonds. The molecule has 1 aromatic rings. The lowest BCUT2D eigenvalue weighted by Crippen LogP contribution is -2.43. The van der Waals surface area contributed by atoms with Crippen LogP contribution >= 0.6 is 11.6 Å². The number of anilines is 1. The third-order valence-electron chi connectivity index (χ3n) is 4.71. The molecule has 2 N–H and O–H groups in total.